The fourth-order valence-corrected chi connectivity index (χ4v) is 4.51. The van der Waals surface area contributed by atoms with Crippen molar-refractivity contribution in [3.8, 4) is 16.9 Å². The fraction of sp³-hybridized carbons (Fsp3) is 0.222. The van der Waals surface area contributed by atoms with Crippen molar-refractivity contribution in [2.75, 3.05) is 13.3 Å². The minimum absolute atomic E-state index is 0.0800. The van der Waals surface area contributed by atoms with E-state index in [4.69, 9.17) is 20.8 Å². The van der Waals surface area contributed by atoms with Crippen molar-refractivity contribution in [3.63, 3.8) is 0 Å². The Morgan fingerprint density at radius 3 is 2.43 bits per heavy atom. The zero-order valence-electron chi connectivity index (χ0n) is 18.6. The number of halogens is 4. The van der Waals surface area contributed by atoms with E-state index in [0.717, 1.165) is 12.8 Å². The maximum Gasteiger partial charge on any atom is 0.450 e. The molecule has 5 rings (SSSR count). The molecule has 0 aliphatic carbocycles. The Hall–Kier alpha value is -3.29. The third kappa shape index (κ3) is 4.79. The molecule has 0 fully saturated rings. The first-order chi connectivity index (χ1) is 16.8. The van der Waals surface area contributed by atoms with E-state index in [0.29, 0.717) is 36.2 Å². The highest BCUT2D eigenvalue weighted by Crippen LogP contribution is 2.40. The van der Waals surface area contributed by atoms with Gasteiger partial charge in [-0.2, -0.15) is 13.2 Å². The van der Waals surface area contributed by atoms with E-state index in [1.807, 2.05) is 23.1 Å². The van der Waals surface area contributed by atoms with Crippen molar-refractivity contribution in [2.45, 2.75) is 25.6 Å². The Morgan fingerprint density at radius 2 is 1.71 bits per heavy atom. The molecule has 0 amide bonds. The van der Waals surface area contributed by atoms with Crippen molar-refractivity contribution in [3.05, 3.63) is 98.9 Å². The van der Waals surface area contributed by atoms with Crippen LogP contribution in [-0.4, -0.2) is 18.2 Å². The Morgan fingerprint density at radius 1 is 0.971 bits per heavy atom. The molecule has 0 bridgehead atoms. The van der Waals surface area contributed by atoms with Gasteiger partial charge in [0.15, 0.2) is 0 Å². The number of aryl methyl sites for hydroxylation is 1. The lowest BCUT2D eigenvalue weighted by atomic mass is 10.00. The maximum atomic E-state index is 14.1. The van der Waals surface area contributed by atoms with Crippen molar-refractivity contribution in [2.24, 2.45) is 0 Å². The first-order valence-electron chi connectivity index (χ1n) is 11.2. The topological polar surface area (TPSA) is 42.7 Å². The summed E-state index contributed by atoms with van der Waals surface area (Å²) < 4.78 is 53.5. The van der Waals surface area contributed by atoms with Crippen LogP contribution in [0.3, 0.4) is 0 Å². The number of ether oxygens (including phenoxy) is 1. The largest absolute Gasteiger partial charge is 0.478 e. The molecule has 0 radical (unpaired) electrons. The smallest absolute Gasteiger partial charge is 0.450 e. The summed E-state index contributed by atoms with van der Waals surface area (Å²) in [6, 6.07) is 18.8. The Bertz CT molecular complexity index is 1420. The summed E-state index contributed by atoms with van der Waals surface area (Å²) in [4.78, 5) is 15.3. The van der Waals surface area contributed by atoms with Crippen LogP contribution in [0, 0.1) is 0 Å². The van der Waals surface area contributed by atoms with Crippen LogP contribution < -0.4 is 10.2 Å². The summed E-state index contributed by atoms with van der Waals surface area (Å²) in [5, 5.41) is 0.433. The van der Waals surface area contributed by atoms with Gasteiger partial charge in [0.25, 0.3) is 0 Å². The van der Waals surface area contributed by atoms with Gasteiger partial charge >= 0.3 is 6.18 Å². The number of nitrogens with zero attached hydrogens (tertiary/aromatic N) is 1. The number of hydrogen-bond donors (Lipinski definition) is 0. The van der Waals surface area contributed by atoms with E-state index in [1.54, 1.807) is 6.07 Å². The van der Waals surface area contributed by atoms with Gasteiger partial charge in [-0.25, -0.2) is 0 Å². The highest BCUT2D eigenvalue weighted by atomic mass is 35.5. The number of hydrogen-bond acceptors (Lipinski definition) is 4. The van der Waals surface area contributed by atoms with Crippen molar-refractivity contribution >= 4 is 22.6 Å². The first kappa shape index (κ1) is 23.5. The molecule has 4 nitrogen and oxygen atoms in total. The zero-order chi connectivity index (χ0) is 24.6. The molecule has 0 unspecified atom stereocenters. The summed E-state index contributed by atoms with van der Waals surface area (Å²) in [6.07, 6.45) is -3.14. The third-order valence-corrected chi connectivity index (χ3v) is 6.33. The van der Waals surface area contributed by atoms with Crippen LogP contribution in [0.4, 0.5) is 13.2 Å². The molecule has 1 aliphatic heterocycles. The van der Waals surface area contributed by atoms with Crippen molar-refractivity contribution in [1.82, 2.24) is 4.90 Å². The van der Waals surface area contributed by atoms with Gasteiger partial charge in [0.2, 0.25) is 11.2 Å². The van der Waals surface area contributed by atoms with Gasteiger partial charge in [0.05, 0.1) is 16.5 Å². The molecule has 0 atom stereocenters. The first-order valence-corrected chi connectivity index (χ1v) is 11.5. The average Bonchev–Trinajstić information content (AvgIpc) is 2.84. The van der Waals surface area contributed by atoms with E-state index in [1.165, 1.54) is 35.9 Å². The van der Waals surface area contributed by atoms with E-state index >= 15 is 0 Å². The molecule has 3 aromatic carbocycles. The molecule has 180 valence electrons. The van der Waals surface area contributed by atoms with E-state index in [9.17, 15) is 18.0 Å². The normalized spacial score (nSPS) is 14.1. The molecule has 2 heterocycles. The molecular formula is C27H21ClF3NO3. The summed E-state index contributed by atoms with van der Waals surface area (Å²) in [5.74, 6) is -0.903. The van der Waals surface area contributed by atoms with Crippen LogP contribution in [0.15, 0.2) is 75.9 Å². The SMILES string of the molecule is O=c1c(-c2ccc(Cl)cc2)c(C(F)(F)F)oc2c3c(ccc12)OCN(CCCc1ccccc1)C3. The summed E-state index contributed by atoms with van der Waals surface area (Å²) in [6.45, 7) is 1.32. The number of benzene rings is 3. The van der Waals surface area contributed by atoms with Gasteiger partial charge in [-0.15, -0.1) is 0 Å². The Balaban J connectivity index is 1.52. The van der Waals surface area contributed by atoms with Gasteiger partial charge in [0.1, 0.15) is 18.1 Å². The quantitative estimate of drug-likeness (QED) is 0.299. The van der Waals surface area contributed by atoms with Gasteiger partial charge in [-0.05, 0) is 48.2 Å². The average molecular weight is 500 g/mol. The van der Waals surface area contributed by atoms with Gasteiger partial charge < -0.3 is 9.15 Å². The summed E-state index contributed by atoms with van der Waals surface area (Å²) in [7, 11) is 0. The van der Waals surface area contributed by atoms with Gasteiger partial charge in [-0.1, -0.05) is 54.1 Å². The minimum Gasteiger partial charge on any atom is -0.478 e. The fourth-order valence-electron chi connectivity index (χ4n) is 4.38. The summed E-state index contributed by atoms with van der Waals surface area (Å²) >= 11 is 5.89. The second-order valence-electron chi connectivity index (χ2n) is 8.47. The molecule has 4 aromatic rings. The molecular weight excluding hydrogens is 479 g/mol. The second kappa shape index (κ2) is 9.40. The standard InChI is InChI=1S/C27H21ClF3NO3/c28-19-10-8-18(9-11-19)23-24(33)20-12-13-22-21(25(20)35-26(23)27(29,30)31)15-32(16-34-22)14-4-7-17-5-2-1-3-6-17/h1-3,5-6,8-13H,4,7,14-16H2. The minimum atomic E-state index is -4.87. The number of rotatable bonds is 5. The highest BCUT2D eigenvalue weighted by molar-refractivity contribution is 6.30. The van der Waals surface area contributed by atoms with Crippen LogP contribution in [0.1, 0.15) is 23.3 Å². The molecule has 1 aliphatic rings. The zero-order valence-corrected chi connectivity index (χ0v) is 19.3. The predicted octanol–water partition coefficient (Wildman–Crippen LogP) is 6.92. The third-order valence-electron chi connectivity index (χ3n) is 6.08. The molecule has 0 spiro atoms. The second-order valence-corrected chi connectivity index (χ2v) is 8.91. The van der Waals surface area contributed by atoms with E-state index in [2.05, 4.69) is 12.1 Å². The lowest BCUT2D eigenvalue weighted by Crippen LogP contribution is -2.33. The van der Waals surface area contributed by atoms with Crippen LogP contribution >= 0.6 is 11.6 Å². The number of fused-ring (bicyclic) bond motifs is 3. The van der Waals surface area contributed by atoms with Crippen LogP contribution in [0.2, 0.25) is 5.02 Å². The molecule has 0 saturated carbocycles. The van der Waals surface area contributed by atoms with Crippen molar-refractivity contribution < 1.29 is 22.3 Å². The maximum absolute atomic E-state index is 14.1. The lowest BCUT2D eigenvalue weighted by molar-refractivity contribution is -0.152. The van der Waals surface area contributed by atoms with Crippen molar-refractivity contribution in [1.29, 1.82) is 0 Å². The lowest BCUT2D eigenvalue weighted by Gasteiger charge is -2.29. The molecule has 35 heavy (non-hydrogen) atoms. The van der Waals surface area contributed by atoms with E-state index in [-0.39, 0.29) is 16.5 Å². The molecule has 0 N–H and O–H groups in total. The Kier molecular flexibility index (Phi) is 6.30. The monoisotopic (exact) mass is 499 g/mol. The molecule has 8 heteroatoms. The van der Waals surface area contributed by atoms with Gasteiger partial charge in [0, 0.05) is 18.1 Å². The van der Waals surface area contributed by atoms with Crippen LogP contribution in [0.5, 0.6) is 5.75 Å². The number of alkyl halides is 3. The molecule has 1 aromatic heterocycles. The predicted molar refractivity (Wildman–Crippen MR) is 129 cm³/mol. The molecule has 0 saturated heterocycles. The highest BCUT2D eigenvalue weighted by Gasteiger charge is 2.40. The van der Waals surface area contributed by atoms with Crippen LogP contribution in [0.25, 0.3) is 22.1 Å². The van der Waals surface area contributed by atoms with E-state index < -0.39 is 22.9 Å². The Labute approximate surface area is 204 Å². The van der Waals surface area contributed by atoms with Crippen LogP contribution in [-0.2, 0) is 19.1 Å². The summed E-state index contributed by atoms with van der Waals surface area (Å²) in [5.41, 5.74) is 0.382. The van der Waals surface area contributed by atoms with Gasteiger partial charge in [-0.3, -0.25) is 9.69 Å².